The van der Waals surface area contributed by atoms with Crippen LogP contribution in [0, 0.1) is 5.92 Å². The normalized spacial score (nSPS) is 17.8. The molecular weight excluding hydrogens is 388 g/mol. The highest BCUT2D eigenvalue weighted by Crippen LogP contribution is 2.36. The van der Waals surface area contributed by atoms with Crippen LogP contribution in [0.5, 0.6) is 0 Å². The van der Waals surface area contributed by atoms with Crippen LogP contribution in [0.1, 0.15) is 51.3 Å². The number of nitrogens with zero attached hydrogens (tertiary/aromatic N) is 2. The molecule has 0 aliphatic heterocycles. The van der Waals surface area contributed by atoms with Crippen molar-refractivity contribution in [1.29, 1.82) is 0 Å². The fourth-order valence-corrected chi connectivity index (χ4v) is 4.36. The lowest BCUT2D eigenvalue weighted by Crippen LogP contribution is -2.10. The summed E-state index contributed by atoms with van der Waals surface area (Å²) >= 11 is 0. The zero-order valence-corrected chi connectivity index (χ0v) is 18.4. The van der Waals surface area contributed by atoms with Crippen LogP contribution >= 0.6 is 0 Å². The van der Waals surface area contributed by atoms with E-state index in [1.165, 1.54) is 6.92 Å². The van der Waals surface area contributed by atoms with E-state index in [0.717, 1.165) is 51.5 Å². The first-order chi connectivity index (χ1) is 14.9. The molecule has 1 aliphatic rings. The number of allylic oxidation sites excluding steroid dienone is 3. The lowest BCUT2D eigenvalue weighted by molar-refractivity contribution is -0.140. The largest absolute Gasteiger partial charge is 0.384 e. The molecule has 1 N–H and O–H groups in total. The van der Waals surface area contributed by atoms with Gasteiger partial charge in [0.2, 0.25) is 0 Å². The number of hydrogen-bond acceptors (Lipinski definition) is 4. The van der Waals surface area contributed by atoms with Crippen molar-refractivity contribution in [2.75, 3.05) is 0 Å². The Morgan fingerprint density at radius 3 is 2.58 bits per heavy atom. The highest BCUT2D eigenvalue weighted by atomic mass is 16.7. The number of rotatable bonds is 5. The van der Waals surface area contributed by atoms with Crippen molar-refractivity contribution in [1.82, 2.24) is 4.57 Å². The van der Waals surface area contributed by atoms with Gasteiger partial charge in [0.25, 0.3) is 0 Å². The molecule has 0 spiro atoms. The summed E-state index contributed by atoms with van der Waals surface area (Å²) in [4.78, 5) is 15.9. The molecule has 0 amide bonds. The van der Waals surface area contributed by atoms with Gasteiger partial charge in [-0.1, -0.05) is 42.4 Å². The first kappa shape index (κ1) is 21.1. The van der Waals surface area contributed by atoms with Gasteiger partial charge >= 0.3 is 5.97 Å². The van der Waals surface area contributed by atoms with Crippen molar-refractivity contribution in [3.8, 4) is 0 Å². The molecule has 3 aromatic rings. The van der Waals surface area contributed by atoms with Gasteiger partial charge in [-0.3, -0.25) is 0 Å². The number of benzene rings is 2. The summed E-state index contributed by atoms with van der Waals surface area (Å²) in [7, 11) is 0. The third kappa shape index (κ3) is 3.93. The van der Waals surface area contributed by atoms with Crippen molar-refractivity contribution < 1.29 is 14.7 Å². The Balaban J connectivity index is 1.85. The van der Waals surface area contributed by atoms with Crippen LogP contribution in [0.2, 0.25) is 0 Å². The molecule has 2 unspecified atom stereocenters. The van der Waals surface area contributed by atoms with Gasteiger partial charge in [0.05, 0.1) is 5.71 Å². The summed E-state index contributed by atoms with van der Waals surface area (Å²) < 4.78 is 2.27. The maximum atomic E-state index is 11.1. The quantitative estimate of drug-likeness (QED) is 0.332. The van der Waals surface area contributed by atoms with Gasteiger partial charge in [-0.05, 0) is 67.2 Å². The molecule has 0 bridgehead atoms. The summed E-state index contributed by atoms with van der Waals surface area (Å²) in [6, 6.07) is 12.4. The Labute approximate surface area is 182 Å². The molecule has 2 atom stereocenters. The molecule has 5 nitrogen and oxygen atoms in total. The van der Waals surface area contributed by atoms with Crippen LogP contribution in [0.15, 0.2) is 65.4 Å². The Kier molecular flexibility index (Phi) is 5.79. The van der Waals surface area contributed by atoms with Gasteiger partial charge in [0.1, 0.15) is 6.10 Å². The van der Waals surface area contributed by atoms with E-state index in [-0.39, 0.29) is 0 Å². The number of carbonyl (C=O) groups is 1. The SMILES string of the molecule is CCn1c2ccc(/C(C)=N\OC(C)=O)cc2c2cc(C(O)C3=CC=CCC3C)ccc21. The molecular formula is C26H28N2O3. The minimum Gasteiger partial charge on any atom is -0.384 e. The van der Waals surface area contributed by atoms with E-state index in [0.29, 0.717) is 11.6 Å². The number of aliphatic hydroxyl groups excluding tert-OH is 1. The van der Waals surface area contributed by atoms with Gasteiger partial charge in [0.15, 0.2) is 0 Å². The number of aliphatic hydroxyl groups is 1. The van der Waals surface area contributed by atoms with E-state index in [4.69, 9.17) is 4.84 Å². The maximum absolute atomic E-state index is 11.1. The van der Waals surface area contributed by atoms with Gasteiger partial charge in [-0.25, -0.2) is 4.79 Å². The highest BCUT2D eigenvalue weighted by molar-refractivity contribution is 6.11. The summed E-state index contributed by atoms with van der Waals surface area (Å²) in [5.41, 5.74) is 5.73. The number of carbonyl (C=O) groups excluding carboxylic acids is 1. The Morgan fingerprint density at radius 2 is 1.90 bits per heavy atom. The van der Waals surface area contributed by atoms with Gasteiger partial charge in [0, 0.05) is 35.3 Å². The summed E-state index contributed by atoms with van der Waals surface area (Å²) in [6.07, 6.45) is 6.52. The third-order valence-corrected chi connectivity index (χ3v) is 6.05. The minimum absolute atomic E-state index is 0.319. The molecule has 1 aromatic heterocycles. The average molecular weight is 417 g/mol. The van der Waals surface area contributed by atoms with Crippen molar-refractivity contribution in [3.05, 3.63) is 71.3 Å². The lowest BCUT2D eigenvalue weighted by atomic mass is 9.86. The molecule has 31 heavy (non-hydrogen) atoms. The summed E-state index contributed by atoms with van der Waals surface area (Å²) in [5, 5.41) is 17.2. The van der Waals surface area contributed by atoms with Gasteiger partial charge in [-0.2, -0.15) is 0 Å². The molecule has 1 aliphatic carbocycles. The van der Waals surface area contributed by atoms with Gasteiger partial charge in [-0.15, -0.1) is 0 Å². The summed E-state index contributed by atoms with van der Waals surface area (Å²) in [5.74, 6) is -0.123. The maximum Gasteiger partial charge on any atom is 0.331 e. The monoisotopic (exact) mass is 416 g/mol. The Hall–Kier alpha value is -3.18. The predicted molar refractivity (Wildman–Crippen MR) is 125 cm³/mol. The summed E-state index contributed by atoms with van der Waals surface area (Å²) in [6.45, 7) is 8.28. The van der Waals surface area contributed by atoms with Crippen molar-refractivity contribution in [2.45, 2.75) is 46.8 Å². The number of aryl methyl sites for hydroxylation is 1. The van der Waals surface area contributed by atoms with Gasteiger partial charge < -0.3 is 14.5 Å². The second-order valence-electron chi connectivity index (χ2n) is 8.15. The van der Waals surface area contributed by atoms with E-state index in [1.54, 1.807) is 0 Å². The number of hydrogen-bond donors (Lipinski definition) is 1. The van der Waals surface area contributed by atoms with E-state index >= 15 is 0 Å². The van der Waals surface area contributed by atoms with Crippen molar-refractivity contribution >= 4 is 33.5 Å². The number of fused-ring (bicyclic) bond motifs is 3. The van der Waals surface area contributed by atoms with E-state index in [1.807, 2.05) is 31.2 Å². The highest BCUT2D eigenvalue weighted by Gasteiger charge is 2.21. The second-order valence-corrected chi connectivity index (χ2v) is 8.15. The smallest absolute Gasteiger partial charge is 0.331 e. The molecule has 1 heterocycles. The van der Waals surface area contributed by atoms with Crippen LogP contribution in [0.3, 0.4) is 0 Å². The number of oxime groups is 1. The molecule has 5 heteroatoms. The van der Waals surface area contributed by atoms with E-state index < -0.39 is 12.1 Å². The molecule has 4 rings (SSSR count). The zero-order chi connectivity index (χ0) is 22.1. The lowest BCUT2D eigenvalue weighted by Gasteiger charge is -2.23. The minimum atomic E-state index is -0.625. The molecule has 0 radical (unpaired) electrons. The van der Waals surface area contributed by atoms with E-state index in [2.05, 4.69) is 53.9 Å². The Bertz CT molecular complexity index is 1250. The van der Waals surface area contributed by atoms with Crippen molar-refractivity contribution in [2.24, 2.45) is 11.1 Å². The van der Waals surface area contributed by atoms with Crippen LogP contribution < -0.4 is 0 Å². The third-order valence-electron chi connectivity index (χ3n) is 6.05. The van der Waals surface area contributed by atoms with E-state index in [9.17, 15) is 9.90 Å². The van der Waals surface area contributed by atoms with Crippen LogP contribution in [-0.4, -0.2) is 21.4 Å². The topological polar surface area (TPSA) is 63.8 Å². The first-order valence-corrected chi connectivity index (χ1v) is 10.7. The number of aromatic nitrogens is 1. The second kappa shape index (κ2) is 8.52. The molecule has 0 saturated heterocycles. The first-order valence-electron chi connectivity index (χ1n) is 10.7. The van der Waals surface area contributed by atoms with Crippen LogP contribution in [0.25, 0.3) is 21.8 Å². The fourth-order valence-electron chi connectivity index (χ4n) is 4.36. The standard InChI is InChI=1S/C26H28N2O3/c1-5-28-24-12-10-19(17(3)27-31-18(4)29)14-22(24)23-15-20(11-13-25(23)28)26(30)21-9-7-6-8-16(21)2/h6-7,9-16,26,30H,5,8H2,1-4H3/b27-17-. The molecule has 160 valence electrons. The predicted octanol–water partition coefficient (Wildman–Crippen LogP) is 5.66. The Morgan fingerprint density at radius 1 is 1.19 bits per heavy atom. The van der Waals surface area contributed by atoms with Crippen LogP contribution in [0.4, 0.5) is 0 Å². The molecule has 2 aromatic carbocycles. The van der Waals surface area contributed by atoms with Crippen LogP contribution in [-0.2, 0) is 16.2 Å². The fraction of sp³-hybridized carbons (Fsp3) is 0.308. The zero-order valence-electron chi connectivity index (χ0n) is 18.4. The molecule has 0 fully saturated rings. The molecule has 0 saturated carbocycles. The van der Waals surface area contributed by atoms with Crippen molar-refractivity contribution in [3.63, 3.8) is 0 Å². The average Bonchev–Trinajstić information content (AvgIpc) is 3.09.